The molecule has 0 aliphatic rings. The molecule has 5 nitrogen and oxygen atoms in total. The SMILES string of the molecule is CCCN(CCO)C(=O)c1ccc(N)nc1. The van der Waals surface area contributed by atoms with Gasteiger partial charge in [-0.2, -0.15) is 0 Å². The smallest absolute Gasteiger partial charge is 0.255 e. The van der Waals surface area contributed by atoms with E-state index in [1.54, 1.807) is 17.0 Å². The van der Waals surface area contributed by atoms with E-state index < -0.39 is 0 Å². The van der Waals surface area contributed by atoms with Crippen LogP contribution in [0.2, 0.25) is 0 Å². The van der Waals surface area contributed by atoms with Crippen molar-refractivity contribution in [1.29, 1.82) is 0 Å². The maximum Gasteiger partial charge on any atom is 0.255 e. The molecule has 0 unspecified atom stereocenters. The molecule has 0 spiro atoms. The number of anilines is 1. The molecule has 0 atom stereocenters. The van der Waals surface area contributed by atoms with Gasteiger partial charge in [-0.05, 0) is 18.6 Å². The number of hydrogen-bond donors (Lipinski definition) is 2. The first-order valence-corrected chi connectivity index (χ1v) is 5.30. The van der Waals surface area contributed by atoms with Crippen LogP contribution in [0.4, 0.5) is 5.82 Å². The van der Waals surface area contributed by atoms with Crippen molar-refractivity contribution < 1.29 is 9.90 Å². The molecule has 88 valence electrons. The fourth-order valence-electron chi connectivity index (χ4n) is 1.42. The maximum atomic E-state index is 12.0. The van der Waals surface area contributed by atoms with Crippen LogP contribution in [0.15, 0.2) is 18.3 Å². The Morgan fingerprint density at radius 3 is 2.75 bits per heavy atom. The highest BCUT2D eigenvalue weighted by Gasteiger charge is 2.14. The highest BCUT2D eigenvalue weighted by atomic mass is 16.3. The summed E-state index contributed by atoms with van der Waals surface area (Å²) >= 11 is 0. The molecule has 0 aromatic carbocycles. The van der Waals surface area contributed by atoms with E-state index in [0.717, 1.165) is 6.42 Å². The lowest BCUT2D eigenvalue weighted by Crippen LogP contribution is -2.34. The molecule has 1 heterocycles. The summed E-state index contributed by atoms with van der Waals surface area (Å²) < 4.78 is 0. The van der Waals surface area contributed by atoms with Crippen LogP contribution in [-0.4, -0.2) is 40.6 Å². The number of aliphatic hydroxyl groups is 1. The molecule has 1 aromatic rings. The Balaban J connectivity index is 2.77. The van der Waals surface area contributed by atoms with E-state index in [9.17, 15) is 4.79 Å². The van der Waals surface area contributed by atoms with Crippen molar-refractivity contribution in [2.24, 2.45) is 0 Å². The van der Waals surface area contributed by atoms with Gasteiger partial charge in [-0.25, -0.2) is 4.98 Å². The van der Waals surface area contributed by atoms with Crippen molar-refractivity contribution in [3.05, 3.63) is 23.9 Å². The minimum Gasteiger partial charge on any atom is -0.395 e. The molecule has 0 bridgehead atoms. The van der Waals surface area contributed by atoms with Gasteiger partial charge in [-0.3, -0.25) is 4.79 Å². The normalized spacial score (nSPS) is 10.1. The molecular formula is C11H17N3O2. The summed E-state index contributed by atoms with van der Waals surface area (Å²) in [4.78, 5) is 17.4. The van der Waals surface area contributed by atoms with Crippen molar-refractivity contribution >= 4 is 11.7 Å². The van der Waals surface area contributed by atoms with Crippen LogP contribution in [0, 0.1) is 0 Å². The van der Waals surface area contributed by atoms with E-state index in [0.29, 0.717) is 24.5 Å². The van der Waals surface area contributed by atoms with E-state index in [4.69, 9.17) is 10.8 Å². The Labute approximate surface area is 94.9 Å². The number of nitrogen functional groups attached to an aromatic ring is 1. The van der Waals surface area contributed by atoms with Crippen LogP contribution >= 0.6 is 0 Å². The third-order valence-corrected chi connectivity index (χ3v) is 2.18. The Bertz CT molecular complexity index is 332. The number of pyridine rings is 1. The minimum atomic E-state index is -0.122. The average Bonchev–Trinajstić information content (AvgIpc) is 2.29. The van der Waals surface area contributed by atoms with Crippen LogP contribution in [0.3, 0.4) is 0 Å². The third kappa shape index (κ3) is 3.20. The number of carbonyl (C=O) groups excluding carboxylic acids is 1. The van der Waals surface area contributed by atoms with E-state index in [2.05, 4.69) is 4.98 Å². The van der Waals surface area contributed by atoms with Crippen LogP contribution in [0.1, 0.15) is 23.7 Å². The fourth-order valence-corrected chi connectivity index (χ4v) is 1.42. The number of hydrogen-bond acceptors (Lipinski definition) is 4. The fraction of sp³-hybridized carbons (Fsp3) is 0.455. The van der Waals surface area contributed by atoms with Crippen molar-refractivity contribution in [2.75, 3.05) is 25.4 Å². The van der Waals surface area contributed by atoms with E-state index >= 15 is 0 Å². The molecule has 0 radical (unpaired) electrons. The average molecular weight is 223 g/mol. The number of rotatable bonds is 5. The summed E-state index contributed by atoms with van der Waals surface area (Å²) in [6.07, 6.45) is 2.31. The summed E-state index contributed by atoms with van der Waals surface area (Å²) in [7, 11) is 0. The second-order valence-corrected chi connectivity index (χ2v) is 3.49. The standard InChI is InChI=1S/C11H17N3O2/c1-2-5-14(6-7-15)11(16)9-3-4-10(12)13-8-9/h3-4,8,15H,2,5-7H2,1H3,(H2,12,13). The summed E-state index contributed by atoms with van der Waals surface area (Å²) in [6, 6.07) is 3.24. The maximum absolute atomic E-state index is 12.0. The number of nitrogens with zero attached hydrogens (tertiary/aromatic N) is 2. The summed E-state index contributed by atoms with van der Waals surface area (Å²) in [5.41, 5.74) is 5.94. The van der Waals surface area contributed by atoms with Gasteiger partial charge in [0.2, 0.25) is 0 Å². The van der Waals surface area contributed by atoms with Crippen LogP contribution in [0.25, 0.3) is 0 Å². The number of amides is 1. The zero-order valence-corrected chi connectivity index (χ0v) is 9.39. The number of aromatic nitrogens is 1. The Morgan fingerprint density at radius 1 is 1.50 bits per heavy atom. The molecule has 0 saturated heterocycles. The van der Waals surface area contributed by atoms with Crippen LogP contribution in [0.5, 0.6) is 0 Å². The third-order valence-electron chi connectivity index (χ3n) is 2.18. The number of nitrogens with two attached hydrogens (primary N) is 1. The molecular weight excluding hydrogens is 206 g/mol. The van der Waals surface area contributed by atoms with Gasteiger partial charge >= 0.3 is 0 Å². The largest absolute Gasteiger partial charge is 0.395 e. The second kappa shape index (κ2) is 6.07. The van der Waals surface area contributed by atoms with Gasteiger partial charge in [0.15, 0.2) is 0 Å². The lowest BCUT2D eigenvalue weighted by Gasteiger charge is -2.20. The van der Waals surface area contributed by atoms with Crippen LogP contribution in [-0.2, 0) is 0 Å². The molecule has 0 fully saturated rings. The van der Waals surface area contributed by atoms with E-state index in [1.807, 2.05) is 6.92 Å². The number of aliphatic hydroxyl groups excluding tert-OH is 1. The zero-order chi connectivity index (χ0) is 12.0. The molecule has 16 heavy (non-hydrogen) atoms. The molecule has 0 saturated carbocycles. The summed E-state index contributed by atoms with van der Waals surface area (Å²) in [5.74, 6) is 0.268. The minimum absolute atomic E-state index is 0.0336. The monoisotopic (exact) mass is 223 g/mol. The number of carbonyl (C=O) groups is 1. The van der Waals surface area contributed by atoms with Gasteiger partial charge in [-0.15, -0.1) is 0 Å². The van der Waals surface area contributed by atoms with Gasteiger partial charge in [0, 0.05) is 19.3 Å². The molecule has 0 aliphatic heterocycles. The summed E-state index contributed by atoms with van der Waals surface area (Å²) in [5, 5.41) is 8.87. The molecule has 3 N–H and O–H groups in total. The Morgan fingerprint density at radius 2 is 2.25 bits per heavy atom. The lowest BCUT2D eigenvalue weighted by atomic mass is 10.2. The first kappa shape index (κ1) is 12.4. The summed E-state index contributed by atoms with van der Waals surface area (Å²) in [6.45, 7) is 2.92. The van der Waals surface area contributed by atoms with Crippen molar-refractivity contribution in [3.63, 3.8) is 0 Å². The molecule has 1 rings (SSSR count). The zero-order valence-electron chi connectivity index (χ0n) is 9.39. The molecule has 5 heteroatoms. The highest BCUT2D eigenvalue weighted by Crippen LogP contribution is 2.06. The predicted molar refractivity (Wildman–Crippen MR) is 61.9 cm³/mol. The first-order valence-electron chi connectivity index (χ1n) is 5.30. The van der Waals surface area contributed by atoms with Gasteiger partial charge in [0.1, 0.15) is 5.82 Å². The Hall–Kier alpha value is -1.62. The molecule has 0 aliphatic carbocycles. The van der Waals surface area contributed by atoms with E-state index in [1.165, 1.54) is 6.20 Å². The molecule has 1 amide bonds. The van der Waals surface area contributed by atoms with Crippen molar-refractivity contribution in [3.8, 4) is 0 Å². The lowest BCUT2D eigenvalue weighted by molar-refractivity contribution is 0.0721. The topological polar surface area (TPSA) is 79.5 Å². The van der Waals surface area contributed by atoms with Crippen LogP contribution < -0.4 is 5.73 Å². The van der Waals surface area contributed by atoms with Gasteiger partial charge in [0.25, 0.3) is 5.91 Å². The van der Waals surface area contributed by atoms with Gasteiger partial charge in [-0.1, -0.05) is 6.92 Å². The van der Waals surface area contributed by atoms with E-state index in [-0.39, 0.29) is 12.5 Å². The highest BCUT2D eigenvalue weighted by molar-refractivity contribution is 5.94. The molecule has 1 aromatic heterocycles. The van der Waals surface area contributed by atoms with Gasteiger partial charge < -0.3 is 15.7 Å². The van der Waals surface area contributed by atoms with Crippen molar-refractivity contribution in [2.45, 2.75) is 13.3 Å². The second-order valence-electron chi connectivity index (χ2n) is 3.49. The van der Waals surface area contributed by atoms with Crippen molar-refractivity contribution in [1.82, 2.24) is 9.88 Å². The first-order chi connectivity index (χ1) is 7.69. The predicted octanol–water partition coefficient (Wildman–Crippen LogP) is 0.508. The van der Waals surface area contributed by atoms with Gasteiger partial charge in [0.05, 0.1) is 12.2 Å². The quantitative estimate of drug-likeness (QED) is 0.762. The Kier molecular flexibility index (Phi) is 4.72.